The number of hydrogen-bond donors (Lipinski definition) is 1. The molecule has 0 fully saturated rings. The number of aryl methyl sites for hydroxylation is 2. The third kappa shape index (κ3) is 1.94. The first-order chi connectivity index (χ1) is 8.63. The summed E-state index contributed by atoms with van der Waals surface area (Å²) < 4.78 is 5.66. The number of aliphatic hydroxyl groups is 1. The molecule has 18 heavy (non-hydrogen) atoms. The van der Waals surface area contributed by atoms with E-state index in [9.17, 15) is 5.11 Å². The van der Waals surface area contributed by atoms with Crippen molar-refractivity contribution < 1.29 is 9.52 Å². The number of fused-ring (bicyclic) bond motifs is 1. The van der Waals surface area contributed by atoms with Crippen LogP contribution in [0.4, 0.5) is 0 Å². The van der Waals surface area contributed by atoms with Gasteiger partial charge in [-0.05, 0) is 32.0 Å². The molecule has 92 valence electrons. The molecule has 3 rings (SSSR count). The molecule has 2 aromatic heterocycles. The third-order valence-corrected chi connectivity index (χ3v) is 3.67. The van der Waals surface area contributed by atoms with Gasteiger partial charge in [0.05, 0.1) is 10.7 Å². The van der Waals surface area contributed by atoms with Gasteiger partial charge in [-0.1, -0.05) is 11.6 Å². The molecule has 1 atom stereocenters. The Hall–Kier alpha value is -1.65. The molecule has 4 heteroatoms. The van der Waals surface area contributed by atoms with Gasteiger partial charge in [0.25, 0.3) is 0 Å². The normalized spacial score (nSPS) is 13.1. The van der Waals surface area contributed by atoms with Crippen LogP contribution in [-0.2, 0) is 0 Å². The lowest BCUT2D eigenvalue weighted by atomic mass is 10.1. The number of nitrogens with zero attached hydrogens (tertiary/aromatic N) is 1. The lowest BCUT2D eigenvalue weighted by Gasteiger charge is -2.02. The first-order valence-electron chi connectivity index (χ1n) is 5.73. The van der Waals surface area contributed by atoms with E-state index in [0.29, 0.717) is 11.5 Å². The van der Waals surface area contributed by atoms with Crippen LogP contribution in [0.2, 0.25) is 0 Å². The minimum atomic E-state index is -0.789. The van der Waals surface area contributed by atoms with Crippen LogP contribution < -0.4 is 0 Å². The van der Waals surface area contributed by atoms with Crippen LogP contribution in [0.1, 0.15) is 28.1 Å². The zero-order valence-corrected chi connectivity index (χ0v) is 11.0. The Bertz CT molecular complexity index is 699. The first-order valence-corrected chi connectivity index (χ1v) is 6.61. The monoisotopic (exact) mass is 259 g/mol. The van der Waals surface area contributed by atoms with Crippen molar-refractivity contribution in [1.29, 1.82) is 0 Å². The van der Waals surface area contributed by atoms with Crippen molar-refractivity contribution >= 4 is 22.3 Å². The van der Waals surface area contributed by atoms with Crippen molar-refractivity contribution in [3.63, 3.8) is 0 Å². The zero-order valence-electron chi connectivity index (χ0n) is 10.2. The van der Waals surface area contributed by atoms with E-state index in [-0.39, 0.29) is 0 Å². The number of aromatic nitrogens is 1. The molecule has 0 saturated carbocycles. The molecule has 1 aromatic carbocycles. The number of thiazole rings is 1. The average Bonchev–Trinajstić information content (AvgIpc) is 2.93. The minimum absolute atomic E-state index is 0.543. The lowest BCUT2D eigenvalue weighted by molar-refractivity contribution is 0.188. The maximum atomic E-state index is 10.2. The molecule has 0 aliphatic carbocycles. The Morgan fingerprint density at radius 2 is 2.11 bits per heavy atom. The molecule has 3 nitrogen and oxygen atoms in total. The Balaban J connectivity index is 2.03. The van der Waals surface area contributed by atoms with Crippen LogP contribution >= 0.6 is 11.3 Å². The van der Waals surface area contributed by atoms with Gasteiger partial charge in [-0.3, -0.25) is 0 Å². The summed E-state index contributed by atoms with van der Waals surface area (Å²) >= 11 is 1.52. The molecule has 0 aliphatic rings. The van der Waals surface area contributed by atoms with E-state index < -0.39 is 6.10 Å². The van der Waals surface area contributed by atoms with Crippen LogP contribution in [0.5, 0.6) is 0 Å². The Morgan fingerprint density at radius 3 is 2.83 bits per heavy atom. The van der Waals surface area contributed by atoms with Crippen molar-refractivity contribution in [2.24, 2.45) is 0 Å². The molecule has 0 amide bonds. The SMILES string of the molecule is Cc1ccc2oc(C(O)c3csc(C)n3)cc2c1. The molecule has 3 aromatic rings. The smallest absolute Gasteiger partial charge is 0.154 e. The van der Waals surface area contributed by atoms with Gasteiger partial charge in [0.2, 0.25) is 0 Å². The summed E-state index contributed by atoms with van der Waals surface area (Å²) in [6.45, 7) is 3.95. The number of hydrogen-bond acceptors (Lipinski definition) is 4. The number of rotatable bonds is 2. The second-order valence-electron chi connectivity index (χ2n) is 4.38. The van der Waals surface area contributed by atoms with E-state index >= 15 is 0 Å². The minimum Gasteiger partial charge on any atom is -0.458 e. The Morgan fingerprint density at radius 1 is 1.28 bits per heavy atom. The van der Waals surface area contributed by atoms with Gasteiger partial charge in [-0.15, -0.1) is 11.3 Å². The van der Waals surface area contributed by atoms with Crippen LogP contribution in [0, 0.1) is 13.8 Å². The van der Waals surface area contributed by atoms with Crippen molar-refractivity contribution in [3.8, 4) is 0 Å². The number of benzene rings is 1. The molecule has 0 bridgehead atoms. The highest BCUT2D eigenvalue weighted by Gasteiger charge is 2.18. The van der Waals surface area contributed by atoms with Gasteiger partial charge in [-0.2, -0.15) is 0 Å². The van der Waals surface area contributed by atoms with Crippen LogP contribution in [0.25, 0.3) is 11.0 Å². The highest BCUT2D eigenvalue weighted by Crippen LogP contribution is 2.29. The summed E-state index contributed by atoms with van der Waals surface area (Å²) in [4.78, 5) is 4.28. The topological polar surface area (TPSA) is 46.3 Å². The predicted octanol–water partition coefficient (Wildman–Crippen LogP) is 3.59. The third-order valence-electron chi connectivity index (χ3n) is 2.88. The van der Waals surface area contributed by atoms with Crippen molar-refractivity contribution in [2.75, 3.05) is 0 Å². The van der Waals surface area contributed by atoms with E-state index in [1.165, 1.54) is 16.9 Å². The molecule has 0 saturated heterocycles. The summed E-state index contributed by atoms with van der Waals surface area (Å²) in [6.07, 6.45) is -0.789. The highest BCUT2D eigenvalue weighted by molar-refractivity contribution is 7.09. The van der Waals surface area contributed by atoms with Crippen LogP contribution in [0.3, 0.4) is 0 Å². The lowest BCUT2D eigenvalue weighted by Crippen LogP contribution is -1.98. The molecular formula is C14H13NO2S. The fourth-order valence-corrected chi connectivity index (χ4v) is 2.60. The van der Waals surface area contributed by atoms with E-state index in [1.807, 2.05) is 43.5 Å². The van der Waals surface area contributed by atoms with Crippen molar-refractivity contribution in [2.45, 2.75) is 20.0 Å². The second-order valence-corrected chi connectivity index (χ2v) is 5.45. The molecule has 0 spiro atoms. The summed E-state index contributed by atoms with van der Waals surface area (Å²) in [5, 5.41) is 14.0. The maximum Gasteiger partial charge on any atom is 0.154 e. The maximum absolute atomic E-state index is 10.2. The van der Waals surface area contributed by atoms with Gasteiger partial charge in [0.15, 0.2) is 6.10 Å². The Labute approximate surface area is 109 Å². The molecule has 1 unspecified atom stereocenters. The van der Waals surface area contributed by atoms with Gasteiger partial charge in [-0.25, -0.2) is 4.98 Å². The van der Waals surface area contributed by atoms with Gasteiger partial charge < -0.3 is 9.52 Å². The number of furan rings is 1. The van der Waals surface area contributed by atoms with Crippen molar-refractivity contribution in [3.05, 3.63) is 51.7 Å². The van der Waals surface area contributed by atoms with E-state index in [0.717, 1.165) is 16.0 Å². The molecule has 2 heterocycles. The van der Waals surface area contributed by atoms with E-state index in [4.69, 9.17) is 4.42 Å². The molecular weight excluding hydrogens is 246 g/mol. The first kappa shape index (κ1) is 11.4. The largest absolute Gasteiger partial charge is 0.458 e. The summed E-state index contributed by atoms with van der Waals surface area (Å²) in [7, 11) is 0. The van der Waals surface area contributed by atoms with Gasteiger partial charge in [0, 0.05) is 10.8 Å². The predicted molar refractivity (Wildman–Crippen MR) is 71.9 cm³/mol. The van der Waals surface area contributed by atoms with Gasteiger partial charge >= 0.3 is 0 Å². The molecule has 0 radical (unpaired) electrons. The fourth-order valence-electron chi connectivity index (χ4n) is 1.97. The average molecular weight is 259 g/mol. The fraction of sp³-hybridized carbons (Fsp3) is 0.214. The summed E-state index contributed by atoms with van der Waals surface area (Å²) in [6, 6.07) is 7.84. The van der Waals surface area contributed by atoms with Gasteiger partial charge in [0.1, 0.15) is 11.3 Å². The number of aliphatic hydroxyl groups excluding tert-OH is 1. The summed E-state index contributed by atoms with van der Waals surface area (Å²) in [5.41, 5.74) is 2.61. The zero-order chi connectivity index (χ0) is 12.7. The summed E-state index contributed by atoms with van der Waals surface area (Å²) in [5.74, 6) is 0.543. The standard InChI is InChI=1S/C14H13NO2S/c1-8-3-4-12-10(5-8)6-13(17-12)14(16)11-7-18-9(2)15-11/h3-7,14,16H,1-2H3. The van der Waals surface area contributed by atoms with Crippen LogP contribution in [-0.4, -0.2) is 10.1 Å². The molecule has 0 aliphatic heterocycles. The van der Waals surface area contributed by atoms with E-state index in [1.54, 1.807) is 0 Å². The quantitative estimate of drug-likeness (QED) is 0.765. The van der Waals surface area contributed by atoms with E-state index in [2.05, 4.69) is 4.98 Å². The highest BCUT2D eigenvalue weighted by atomic mass is 32.1. The van der Waals surface area contributed by atoms with Crippen molar-refractivity contribution in [1.82, 2.24) is 4.98 Å². The Kier molecular flexibility index (Phi) is 2.69. The van der Waals surface area contributed by atoms with Crippen LogP contribution in [0.15, 0.2) is 34.1 Å². The molecule has 1 N–H and O–H groups in total. The second kappa shape index (κ2) is 4.23.